The fraction of sp³-hybridized carbons (Fsp3) is 0.136. The van der Waals surface area contributed by atoms with E-state index in [0.717, 1.165) is 16.5 Å². The highest BCUT2D eigenvalue weighted by atomic mass is 19.1. The summed E-state index contributed by atoms with van der Waals surface area (Å²) in [5.41, 5.74) is 2.28. The Kier molecular flexibility index (Phi) is 4.95. The molecule has 0 saturated heterocycles. The molecule has 0 bridgehead atoms. The molecule has 2 aromatic carbocycles. The third-order valence-corrected chi connectivity index (χ3v) is 4.72. The molecule has 28 heavy (non-hydrogen) atoms. The molecule has 142 valence electrons. The Morgan fingerprint density at radius 3 is 2.71 bits per heavy atom. The predicted molar refractivity (Wildman–Crippen MR) is 104 cm³/mol. The topological polar surface area (TPSA) is 78.3 Å². The number of para-hydroxylation sites is 1. The summed E-state index contributed by atoms with van der Waals surface area (Å²) in [5, 5.41) is 13.6. The Morgan fingerprint density at radius 2 is 1.89 bits per heavy atom. The Balaban J connectivity index is 1.46. The summed E-state index contributed by atoms with van der Waals surface area (Å²) in [6.07, 6.45) is 2.17. The standard InChI is InChI=1S/C22H19FN2O3/c23-18-7-3-1-6-17(18)21-10-9-15(28-21)13-25-20(22(26)27)11-14-12-24-19-8-4-2-5-16(14)19/h1-10,12,20,24-25H,11,13H2,(H,26,27)/t20-/m0/s1. The van der Waals surface area contributed by atoms with Crippen LogP contribution in [0.4, 0.5) is 4.39 Å². The van der Waals surface area contributed by atoms with Crippen molar-refractivity contribution in [2.45, 2.75) is 19.0 Å². The number of rotatable bonds is 7. The van der Waals surface area contributed by atoms with E-state index in [-0.39, 0.29) is 12.4 Å². The molecule has 0 aliphatic rings. The molecule has 0 saturated carbocycles. The van der Waals surface area contributed by atoms with E-state index >= 15 is 0 Å². The molecule has 6 heteroatoms. The first-order chi connectivity index (χ1) is 13.6. The second kappa shape index (κ2) is 7.70. The molecular formula is C22H19FN2O3. The zero-order valence-corrected chi connectivity index (χ0v) is 15.0. The van der Waals surface area contributed by atoms with Crippen LogP contribution in [0.1, 0.15) is 11.3 Å². The summed E-state index contributed by atoms with van der Waals surface area (Å²) in [6, 6.07) is 16.8. The van der Waals surface area contributed by atoms with Gasteiger partial charge in [0, 0.05) is 23.5 Å². The minimum atomic E-state index is -0.939. The number of hydrogen-bond donors (Lipinski definition) is 3. The number of carboxylic acids is 1. The van der Waals surface area contributed by atoms with Crippen LogP contribution in [0.25, 0.3) is 22.2 Å². The molecule has 0 fully saturated rings. The zero-order valence-electron chi connectivity index (χ0n) is 15.0. The summed E-state index contributed by atoms with van der Waals surface area (Å²) >= 11 is 0. The molecule has 2 heterocycles. The van der Waals surface area contributed by atoms with Gasteiger partial charge in [0.1, 0.15) is 23.4 Å². The zero-order chi connectivity index (χ0) is 19.5. The third kappa shape index (κ3) is 3.68. The fourth-order valence-corrected chi connectivity index (χ4v) is 3.27. The number of aromatic amines is 1. The number of nitrogens with one attached hydrogen (secondary N) is 2. The number of halogens is 1. The smallest absolute Gasteiger partial charge is 0.321 e. The Labute approximate surface area is 160 Å². The number of furan rings is 1. The van der Waals surface area contributed by atoms with Crippen LogP contribution in [-0.4, -0.2) is 22.1 Å². The number of H-pyrrole nitrogens is 1. The van der Waals surface area contributed by atoms with Gasteiger partial charge in [0.25, 0.3) is 0 Å². The molecule has 0 spiro atoms. The molecule has 0 amide bonds. The highest BCUT2D eigenvalue weighted by molar-refractivity contribution is 5.84. The number of hydrogen-bond acceptors (Lipinski definition) is 3. The van der Waals surface area contributed by atoms with Gasteiger partial charge in [0.2, 0.25) is 0 Å². The fourth-order valence-electron chi connectivity index (χ4n) is 3.27. The highest BCUT2D eigenvalue weighted by Crippen LogP contribution is 2.25. The van der Waals surface area contributed by atoms with Crippen molar-refractivity contribution in [2.75, 3.05) is 0 Å². The van der Waals surface area contributed by atoms with E-state index in [4.69, 9.17) is 4.42 Å². The van der Waals surface area contributed by atoms with Crippen molar-refractivity contribution >= 4 is 16.9 Å². The monoisotopic (exact) mass is 378 g/mol. The number of aliphatic carboxylic acids is 1. The summed E-state index contributed by atoms with van der Waals surface area (Å²) in [5.74, 6) is -0.341. The first-order valence-electron chi connectivity index (χ1n) is 8.96. The van der Waals surface area contributed by atoms with Crippen LogP contribution in [0.2, 0.25) is 0 Å². The van der Waals surface area contributed by atoms with Crippen molar-refractivity contribution in [2.24, 2.45) is 0 Å². The second-order valence-electron chi connectivity index (χ2n) is 6.58. The molecule has 1 atom stereocenters. The first kappa shape index (κ1) is 18.0. The van der Waals surface area contributed by atoms with Crippen molar-refractivity contribution in [3.63, 3.8) is 0 Å². The van der Waals surface area contributed by atoms with Gasteiger partial charge in [-0.2, -0.15) is 0 Å². The Bertz CT molecular complexity index is 1120. The van der Waals surface area contributed by atoms with Gasteiger partial charge in [-0.25, -0.2) is 4.39 Å². The lowest BCUT2D eigenvalue weighted by molar-refractivity contribution is -0.139. The molecule has 0 aliphatic carbocycles. The van der Waals surface area contributed by atoms with E-state index in [1.54, 1.807) is 30.3 Å². The number of carbonyl (C=O) groups is 1. The van der Waals surface area contributed by atoms with Gasteiger partial charge in [0.15, 0.2) is 0 Å². The molecule has 3 N–H and O–H groups in total. The quantitative estimate of drug-likeness (QED) is 0.447. The summed E-state index contributed by atoms with van der Waals surface area (Å²) in [7, 11) is 0. The largest absolute Gasteiger partial charge is 0.480 e. The lowest BCUT2D eigenvalue weighted by atomic mass is 10.0. The Morgan fingerprint density at radius 1 is 1.11 bits per heavy atom. The molecule has 0 aliphatic heterocycles. The van der Waals surface area contributed by atoms with Gasteiger partial charge in [-0.3, -0.25) is 10.1 Å². The van der Waals surface area contributed by atoms with Crippen molar-refractivity contribution in [1.82, 2.24) is 10.3 Å². The van der Waals surface area contributed by atoms with E-state index in [0.29, 0.717) is 23.5 Å². The summed E-state index contributed by atoms with van der Waals surface area (Å²) in [4.78, 5) is 14.9. The normalized spacial score (nSPS) is 12.3. The van der Waals surface area contributed by atoms with Crippen LogP contribution in [0, 0.1) is 5.82 Å². The molecule has 0 unspecified atom stereocenters. The van der Waals surface area contributed by atoms with Gasteiger partial charge in [0.05, 0.1) is 12.1 Å². The van der Waals surface area contributed by atoms with Crippen LogP contribution in [-0.2, 0) is 17.8 Å². The van der Waals surface area contributed by atoms with E-state index in [1.807, 2.05) is 30.5 Å². The molecule has 2 aromatic heterocycles. The maximum Gasteiger partial charge on any atom is 0.321 e. The van der Waals surface area contributed by atoms with Gasteiger partial charge >= 0.3 is 5.97 Å². The first-order valence-corrected chi connectivity index (χ1v) is 8.96. The molecule has 5 nitrogen and oxygen atoms in total. The van der Waals surface area contributed by atoms with Gasteiger partial charge in [-0.05, 0) is 35.9 Å². The molecule has 0 radical (unpaired) electrons. The van der Waals surface area contributed by atoms with Gasteiger partial charge in [-0.1, -0.05) is 30.3 Å². The van der Waals surface area contributed by atoms with E-state index in [2.05, 4.69) is 10.3 Å². The summed E-state index contributed by atoms with van der Waals surface area (Å²) in [6.45, 7) is 0.230. The van der Waals surface area contributed by atoms with E-state index in [9.17, 15) is 14.3 Å². The second-order valence-corrected chi connectivity index (χ2v) is 6.58. The average molecular weight is 378 g/mol. The predicted octanol–water partition coefficient (Wildman–Crippen LogP) is 4.35. The molecular weight excluding hydrogens is 359 g/mol. The van der Waals surface area contributed by atoms with Crippen LogP contribution in [0.5, 0.6) is 0 Å². The Hall–Kier alpha value is -3.38. The number of benzene rings is 2. The maximum absolute atomic E-state index is 13.9. The molecule has 4 aromatic rings. The van der Waals surface area contributed by atoms with Crippen molar-refractivity contribution in [3.8, 4) is 11.3 Å². The number of aromatic nitrogens is 1. The van der Waals surface area contributed by atoms with Crippen molar-refractivity contribution in [3.05, 3.63) is 84.0 Å². The SMILES string of the molecule is O=C(O)[C@H](Cc1c[nH]c2ccccc12)NCc1ccc(-c2ccccc2F)o1. The minimum Gasteiger partial charge on any atom is -0.480 e. The van der Waals surface area contributed by atoms with Gasteiger partial charge < -0.3 is 14.5 Å². The van der Waals surface area contributed by atoms with E-state index in [1.165, 1.54) is 6.07 Å². The van der Waals surface area contributed by atoms with Crippen molar-refractivity contribution < 1.29 is 18.7 Å². The number of carboxylic acid groups (broad SMARTS) is 1. The van der Waals surface area contributed by atoms with Crippen LogP contribution in [0.15, 0.2) is 71.3 Å². The molecule has 4 rings (SSSR count). The van der Waals surface area contributed by atoms with E-state index < -0.39 is 12.0 Å². The number of fused-ring (bicyclic) bond motifs is 1. The van der Waals surface area contributed by atoms with Crippen LogP contribution in [0.3, 0.4) is 0 Å². The third-order valence-electron chi connectivity index (χ3n) is 4.72. The van der Waals surface area contributed by atoms with Crippen LogP contribution >= 0.6 is 0 Å². The lowest BCUT2D eigenvalue weighted by Crippen LogP contribution is -2.37. The lowest BCUT2D eigenvalue weighted by Gasteiger charge is -2.13. The maximum atomic E-state index is 13.9. The summed E-state index contributed by atoms with van der Waals surface area (Å²) < 4.78 is 19.6. The average Bonchev–Trinajstić information content (AvgIpc) is 3.32. The van der Waals surface area contributed by atoms with Crippen LogP contribution < -0.4 is 5.32 Å². The highest BCUT2D eigenvalue weighted by Gasteiger charge is 2.20. The minimum absolute atomic E-state index is 0.230. The van der Waals surface area contributed by atoms with Crippen molar-refractivity contribution in [1.29, 1.82) is 0 Å². The van der Waals surface area contributed by atoms with Gasteiger partial charge in [-0.15, -0.1) is 0 Å².